The van der Waals surface area contributed by atoms with E-state index in [1.165, 1.54) is 11.1 Å². The van der Waals surface area contributed by atoms with Crippen molar-refractivity contribution in [3.63, 3.8) is 0 Å². The van der Waals surface area contributed by atoms with Gasteiger partial charge < -0.3 is 10.1 Å². The molecule has 134 valence electrons. The zero-order valence-electron chi connectivity index (χ0n) is 16.4. The predicted molar refractivity (Wildman–Crippen MR) is 105 cm³/mol. The lowest BCUT2D eigenvalue weighted by Crippen LogP contribution is -2.20. The first-order valence-corrected chi connectivity index (χ1v) is 8.62. The number of anilines is 1. The molecule has 0 radical (unpaired) electrons. The van der Waals surface area contributed by atoms with Crippen LogP contribution in [0.25, 0.3) is 0 Å². The second kappa shape index (κ2) is 6.91. The second-order valence-corrected chi connectivity index (χ2v) is 8.48. The Kier molecular flexibility index (Phi) is 5.26. The predicted octanol–water partition coefficient (Wildman–Crippen LogP) is 5.54. The molecule has 0 saturated carbocycles. The van der Waals surface area contributed by atoms with Crippen LogP contribution < -0.4 is 10.1 Å². The zero-order valence-corrected chi connectivity index (χ0v) is 16.4. The van der Waals surface area contributed by atoms with Crippen LogP contribution >= 0.6 is 0 Å². The topological polar surface area (TPSA) is 38.3 Å². The number of carbonyl (C=O) groups is 1. The molecule has 0 aliphatic carbocycles. The molecular formula is C22H29NO2. The summed E-state index contributed by atoms with van der Waals surface area (Å²) in [6.07, 6.45) is 0. The van der Waals surface area contributed by atoms with E-state index in [0.717, 1.165) is 11.4 Å². The fraction of sp³-hybridized carbons (Fsp3) is 0.409. The molecule has 0 aromatic heterocycles. The van der Waals surface area contributed by atoms with E-state index >= 15 is 0 Å². The first-order chi connectivity index (χ1) is 11.5. The maximum atomic E-state index is 12.8. The lowest BCUT2D eigenvalue weighted by molar-refractivity contribution is 0.102. The second-order valence-electron chi connectivity index (χ2n) is 8.48. The molecule has 0 fully saturated rings. The Morgan fingerprint density at radius 3 is 1.72 bits per heavy atom. The highest BCUT2D eigenvalue weighted by Crippen LogP contribution is 2.30. The zero-order chi connectivity index (χ0) is 18.8. The monoisotopic (exact) mass is 339 g/mol. The Labute approximate surface area is 151 Å². The van der Waals surface area contributed by atoms with Crippen molar-refractivity contribution in [1.29, 1.82) is 0 Å². The normalized spacial score (nSPS) is 12.0. The van der Waals surface area contributed by atoms with Crippen molar-refractivity contribution < 1.29 is 9.53 Å². The van der Waals surface area contributed by atoms with Crippen LogP contribution in [-0.4, -0.2) is 13.0 Å². The number of amides is 1. The van der Waals surface area contributed by atoms with Crippen LogP contribution in [0.2, 0.25) is 0 Å². The highest BCUT2D eigenvalue weighted by atomic mass is 16.5. The third-order valence-corrected chi connectivity index (χ3v) is 4.28. The summed E-state index contributed by atoms with van der Waals surface area (Å²) < 4.78 is 5.15. The molecule has 0 spiro atoms. The first kappa shape index (κ1) is 19.0. The van der Waals surface area contributed by atoms with E-state index in [0.29, 0.717) is 5.56 Å². The summed E-state index contributed by atoms with van der Waals surface area (Å²) in [4.78, 5) is 12.8. The molecule has 2 aromatic rings. The number of carbonyl (C=O) groups excluding carboxylic acids is 1. The van der Waals surface area contributed by atoms with Crippen LogP contribution in [0.15, 0.2) is 42.5 Å². The third-order valence-electron chi connectivity index (χ3n) is 4.28. The number of benzene rings is 2. The van der Waals surface area contributed by atoms with Gasteiger partial charge in [-0.2, -0.15) is 0 Å². The molecule has 0 aliphatic heterocycles. The average Bonchev–Trinajstić information content (AvgIpc) is 2.53. The molecule has 0 bridgehead atoms. The number of methoxy groups -OCH3 is 1. The maximum absolute atomic E-state index is 12.8. The van der Waals surface area contributed by atoms with Crippen molar-refractivity contribution in [3.8, 4) is 5.75 Å². The molecule has 2 aromatic carbocycles. The summed E-state index contributed by atoms with van der Waals surface area (Å²) in [6, 6.07) is 13.6. The molecule has 0 aliphatic rings. The van der Waals surface area contributed by atoms with Crippen LogP contribution in [0.5, 0.6) is 5.75 Å². The molecule has 0 unspecified atom stereocenters. The van der Waals surface area contributed by atoms with Gasteiger partial charge in [-0.05, 0) is 58.4 Å². The van der Waals surface area contributed by atoms with Gasteiger partial charge in [-0.3, -0.25) is 4.79 Å². The third kappa shape index (κ3) is 4.85. The van der Waals surface area contributed by atoms with Crippen molar-refractivity contribution in [1.82, 2.24) is 0 Å². The van der Waals surface area contributed by atoms with E-state index in [-0.39, 0.29) is 16.7 Å². The van der Waals surface area contributed by atoms with Gasteiger partial charge in [-0.25, -0.2) is 0 Å². The lowest BCUT2D eigenvalue weighted by atomic mass is 9.79. The Bertz CT molecular complexity index is 715. The molecular weight excluding hydrogens is 310 g/mol. The van der Waals surface area contributed by atoms with Crippen molar-refractivity contribution >= 4 is 11.6 Å². The van der Waals surface area contributed by atoms with Crippen molar-refractivity contribution in [2.24, 2.45) is 0 Å². The molecule has 3 nitrogen and oxygen atoms in total. The summed E-state index contributed by atoms with van der Waals surface area (Å²) in [7, 11) is 1.62. The number of nitrogens with one attached hydrogen (secondary N) is 1. The minimum Gasteiger partial charge on any atom is -0.497 e. The molecule has 0 heterocycles. The van der Waals surface area contributed by atoms with Crippen LogP contribution in [0, 0.1) is 0 Å². The lowest BCUT2D eigenvalue weighted by Gasteiger charge is -2.26. The van der Waals surface area contributed by atoms with E-state index in [1.54, 1.807) is 7.11 Å². The largest absolute Gasteiger partial charge is 0.497 e. The van der Waals surface area contributed by atoms with Gasteiger partial charge >= 0.3 is 0 Å². The maximum Gasteiger partial charge on any atom is 0.255 e. The Hall–Kier alpha value is -2.29. The fourth-order valence-electron chi connectivity index (χ4n) is 2.50. The molecule has 2 rings (SSSR count). The van der Waals surface area contributed by atoms with Gasteiger partial charge in [-0.15, -0.1) is 0 Å². The van der Waals surface area contributed by atoms with Crippen LogP contribution in [0.3, 0.4) is 0 Å². The van der Waals surface area contributed by atoms with Gasteiger partial charge in [0.2, 0.25) is 0 Å². The summed E-state index contributed by atoms with van der Waals surface area (Å²) in [5, 5.41) is 2.97. The van der Waals surface area contributed by atoms with Gasteiger partial charge in [0.1, 0.15) is 5.75 Å². The van der Waals surface area contributed by atoms with Crippen molar-refractivity contribution in [2.75, 3.05) is 12.4 Å². The summed E-state index contributed by atoms with van der Waals surface area (Å²) in [5.41, 5.74) is 3.74. The van der Waals surface area contributed by atoms with E-state index in [4.69, 9.17) is 4.74 Å². The van der Waals surface area contributed by atoms with E-state index in [1.807, 2.05) is 36.4 Å². The molecule has 3 heteroatoms. The van der Waals surface area contributed by atoms with Gasteiger partial charge in [0, 0.05) is 11.3 Å². The van der Waals surface area contributed by atoms with E-state index in [9.17, 15) is 4.79 Å². The number of hydrogen-bond donors (Lipinski definition) is 1. The van der Waals surface area contributed by atoms with Crippen LogP contribution in [0.4, 0.5) is 5.69 Å². The van der Waals surface area contributed by atoms with Gasteiger partial charge in [0.25, 0.3) is 5.91 Å². The highest BCUT2D eigenvalue weighted by molar-refractivity contribution is 6.04. The Morgan fingerprint density at radius 2 is 1.32 bits per heavy atom. The number of hydrogen-bond acceptors (Lipinski definition) is 2. The minimum absolute atomic E-state index is 0.0175. The Balaban J connectivity index is 2.37. The van der Waals surface area contributed by atoms with Crippen LogP contribution in [0.1, 0.15) is 63.0 Å². The average molecular weight is 339 g/mol. The first-order valence-electron chi connectivity index (χ1n) is 8.62. The van der Waals surface area contributed by atoms with E-state index in [2.05, 4.69) is 52.9 Å². The quantitative estimate of drug-likeness (QED) is 0.797. The van der Waals surface area contributed by atoms with Crippen molar-refractivity contribution in [3.05, 3.63) is 59.2 Å². The SMILES string of the molecule is COc1ccc(NC(=O)c2cc(C(C)(C)C)cc(C(C)(C)C)c2)cc1. The van der Waals surface area contributed by atoms with Gasteiger partial charge in [0.05, 0.1) is 7.11 Å². The molecule has 0 saturated heterocycles. The Morgan fingerprint density at radius 1 is 0.840 bits per heavy atom. The number of ether oxygens (including phenoxy) is 1. The summed E-state index contributed by atoms with van der Waals surface area (Å²) in [6.45, 7) is 13.0. The highest BCUT2D eigenvalue weighted by Gasteiger charge is 2.22. The fourth-order valence-corrected chi connectivity index (χ4v) is 2.50. The summed E-state index contributed by atoms with van der Waals surface area (Å²) >= 11 is 0. The summed E-state index contributed by atoms with van der Waals surface area (Å²) in [5.74, 6) is 0.671. The molecule has 1 amide bonds. The minimum atomic E-state index is -0.0956. The molecule has 1 N–H and O–H groups in total. The van der Waals surface area contributed by atoms with Crippen molar-refractivity contribution in [2.45, 2.75) is 52.4 Å². The van der Waals surface area contributed by atoms with E-state index < -0.39 is 0 Å². The van der Waals surface area contributed by atoms with Gasteiger partial charge in [-0.1, -0.05) is 47.6 Å². The molecule has 25 heavy (non-hydrogen) atoms. The van der Waals surface area contributed by atoms with Crippen LogP contribution in [-0.2, 0) is 10.8 Å². The molecule has 0 atom stereocenters. The standard InChI is InChI=1S/C22H29NO2/c1-21(2,3)16-12-15(13-17(14-16)22(4,5)6)20(24)23-18-8-10-19(25-7)11-9-18/h8-14H,1-7H3,(H,23,24). The van der Waals surface area contributed by atoms with Gasteiger partial charge in [0.15, 0.2) is 0 Å². The number of rotatable bonds is 3. The smallest absolute Gasteiger partial charge is 0.255 e.